The van der Waals surface area contributed by atoms with Crippen LogP contribution in [0.15, 0.2) is 12.3 Å². The van der Waals surface area contributed by atoms with Crippen molar-refractivity contribution < 1.29 is 17.4 Å². The molecule has 8 heteroatoms. The minimum Gasteiger partial charge on any atom is -0.354 e. The topological polar surface area (TPSA) is 54.9 Å². The number of nitrogens with one attached hydrogen (secondary N) is 1. The van der Waals surface area contributed by atoms with Crippen molar-refractivity contribution in [2.24, 2.45) is 0 Å². The van der Waals surface area contributed by atoms with Gasteiger partial charge >= 0.3 is 6.18 Å². The molecule has 0 radical (unpaired) electrons. The molecule has 1 heterocycles. The summed E-state index contributed by atoms with van der Waals surface area (Å²) in [5.74, 6) is 0.424. The molecule has 0 aliphatic rings. The molecular formula is C9H12F3N3OS. The van der Waals surface area contributed by atoms with Crippen LogP contribution in [-0.2, 0) is 17.0 Å². The quantitative estimate of drug-likeness (QED) is 0.825. The average molecular weight is 267 g/mol. The summed E-state index contributed by atoms with van der Waals surface area (Å²) >= 11 is 0. The van der Waals surface area contributed by atoms with Crippen molar-refractivity contribution in [3.05, 3.63) is 18.0 Å². The first-order valence-electron chi connectivity index (χ1n) is 4.84. The predicted molar refractivity (Wildman–Crippen MR) is 59.1 cm³/mol. The van der Waals surface area contributed by atoms with Gasteiger partial charge in [0, 0.05) is 35.5 Å². The molecule has 96 valence electrons. The number of hydrogen-bond donors (Lipinski definition) is 1. The molecule has 1 aromatic rings. The molecule has 1 rings (SSSR count). The van der Waals surface area contributed by atoms with E-state index >= 15 is 0 Å². The van der Waals surface area contributed by atoms with Gasteiger partial charge in [0.05, 0.1) is 0 Å². The summed E-state index contributed by atoms with van der Waals surface area (Å²) < 4.78 is 47.7. The number of hydrogen-bond acceptors (Lipinski definition) is 4. The maximum atomic E-state index is 12.3. The van der Waals surface area contributed by atoms with E-state index in [1.165, 1.54) is 0 Å². The number of nitrogens with zero attached hydrogens (tertiary/aromatic N) is 2. The highest BCUT2D eigenvalue weighted by Crippen LogP contribution is 2.27. The molecule has 0 aliphatic heterocycles. The first kappa shape index (κ1) is 13.9. The van der Waals surface area contributed by atoms with Crippen LogP contribution in [0.3, 0.4) is 0 Å². The Hall–Kier alpha value is -1.18. The van der Waals surface area contributed by atoms with Gasteiger partial charge in [-0.05, 0) is 12.5 Å². The zero-order chi connectivity index (χ0) is 12.9. The van der Waals surface area contributed by atoms with Gasteiger partial charge in [0.25, 0.3) is 0 Å². The summed E-state index contributed by atoms with van der Waals surface area (Å²) in [6.45, 7) is 0.390. The molecule has 0 aliphatic carbocycles. The molecule has 0 spiro atoms. The molecule has 0 saturated carbocycles. The van der Waals surface area contributed by atoms with Crippen LogP contribution in [-0.4, -0.2) is 32.7 Å². The SMILES string of the molecule is CS(=O)CCCNc1nccc(C(F)(F)F)n1. The molecule has 0 saturated heterocycles. The second-order valence-corrected chi connectivity index (χ2v) is 4.88. The number of halogens is 3. The van der Waals surface area contributed by atoms with Crippen LogP contribution in [0.1, 0.15) is 12.1 Å². The Labute approximate surface area is 99.1 Å². The molecule has 0 aromatic carbocycles. The first-order chi connectivity index (χ1) is 7.89. The molecule has 4 nitrogen and oxygen atoms in total. The van der Waals surface area contributed by atoms with E-state index in [9.17, 15) is 17.4 Å². The average Bonchev–Trinajstić information content (AvgIpc) is 2.23. The monoisotopic (exact) mass is 267 g/mol. The number of aromatic nitrogens is 2. The van der Waals surface area contributed by atoms with Gasteiger partial charge < -0.3 is 5.32 Å². The molecule has 1 aromatic heterocycles. The molecule has 0 bridgehead atoms. The minimum atomic E-state index is -4.47. The van der Waals surface area contributed by atoms with Crippen molar-refractivity contribution in [3.8, 4) is 0 Å². The Morgan fingerprint density at radius 2 is 2.18 bits per heavy atom. The maximum absolute atomic E-state index is 12.3. The van der Waals surface area contributed by atoms with Crippen LogP contribution in [0.5, 0.6) is 0 Å². The highest BCUT2D eigenvalue weighted by molar-refractivity contribution is 7.84. The van der Waals surface area contributed by atoms with E-state index in [-0.39, 0.29) is 5.95 Å². The Morgan fingerprint density at radius 1 is 1.47 bits per heavy atom. The third-order valence-corrected chi connectivity index (χ3v) is 2.70. The molecule has 1 N–H and O–H groups in total. The van der Waals surface area contributed by atoms with E-state index in [2.05, 4.69) is 15.3 Å². The molecule has 1 atom stereocenters. The Bertz CT molecular complexity index is 397. The standard InChI is InChI=1S/C9H12F3N3OS/c1-17(16)6-2-4-13-8-14-5-3-7(15-8)9(10,11)12/h3,5H,2,4,6H2,1H3,(H,13,14,15). The highest BCUT2D eigenvalue weighted by Gasteiger charge is 2.32. The van der Waals surface area contributed by atoms with E-state index in [1.54, 1.807) is 6.26 Å². The Balaban J connectivity index is 2.52. The molecule has 1 unspecified atom stereocenters. The first-order valence-corrected chi connectivity index (χ1v) is 6.56. The van der Waals surface area contributed by atoms with Crippen molar-refractivity contribution in [2.45, 2.75) is 12.6 Å². The highest BCUT2D eigenvalue weighted by atomic mass is 32.2. The van der Waals surface area contributed by atoms with E-state index in [4.69, 9.17) is 0 Å². The van der Waals surface area contributed by atoms with Gasteiger partial charge in [-0.15, -0.1) is 0 Å². The zero-order valence-electron chi connectivity index (χ0n) is 9.12. The van der Waals surface area contributed by atoms with Gasteiger partial charge in [-0.1, -0.05) is 0 Å². The lowest BCUT2D eigenvalue weighted by Gasteiger charge is -2.08. The number of anilines is 1. The predicted octanol–water partition coefficient (Wildman–Crippen LogP) is 1.68. The lowest BCUT2D eigenvalue weighted by molar-refractivity contribution is -0.141. The van der Waals surface area contributed by atoms with E-state index in [0.717, 1.165) is 12.3 Å². The van der Waals surface area contributed by atoms with Crippen molar-refractivity contribution in [2.75, 3.05) is 23.9 Å². The maximum Gasteiger partial charge on any atom is 0.433 e. The van der Waals surface area contributed by atoms with Gasteiger partial charge in [-0.2, -0.15) is 13.2 Å². The fraction of sp³-hybridized carbons (Fsp3) is 0.556. The van der Waals surface area contributed by atoms with Gasteiger partial charge in [-0.25, -0.2) is 9.97 Å². The van der Waals surface area contributed by atoms with Gasteiger partial charge in [0.2, 0.25) is 5.95 Å². The molecule has 0 fully saturated rings. The summed E-state index contributed by atoms with van der Waals surface area (Å²) in [6, 6.07) is 0.812. The van der Waals surface area contributed by atoms with Crippen molar-refractivity contribution in [1.82, 2.24) is 9.97 Å². The largest absolute Gasteiger partial charge is 0.433 e. The lowest BCUT2D eigenvalue weighted by atomic mass is 10.4. The Morgan fingerprint density at radius 3 is 2.76 bits per heavy atom. The van der Waals surface area contributed by atoms with Crippen LogP contribution < -0.4 is 5.32 Å². The van der Waals surface area contributed by atoms with Gasteiger partial charge in [0.1, 0.15) is 5.69 Å². The van der Waals surface area contributed by atoms with E-state index < -0.39 is 22.7 Å². The van der Waals surface area contributed by atoms with E-state index in [0.29, 0.717) is 18.7 Å². The summed E-state index contributed by atoms with van der Waals surface area (Å²) in [5.41, 5.74) is -0.978. The van der Waals surface area contributed by atoms with Gasteiger partial charge in [-0.3, -0.25) is 4.21 Å². The number of rotatable bonds is 5. The lowest BCUT2D eigenvalue weighted by Crippen LogP contribution is -2.13. The smallest absolute Gasteiger partial charge is 0.354 e. The van der Waals surface area contributed by atoms with E-state index in [1.807, 2.05) is 0 Å². The minimum absolute atomic E-state index is 0.0679. The third-order valence-electron chi connectivity index (χ3n) is 1.84. The molecule has 0 amide bonds. The van der Waals surface area contributed by atoms with Crippen molar-refractivity contribution in [3.63, 3.8) is 0 Å². The molecular weight excluding hydrogens is 255 g/mol. The fourth-order valence-electron chi connectivity index (χ4n) is 1.08. The van der Waals surface area contributed by atoms with Crippen molar-refractivity contribution >= 4 is 16.7 Å². The summed E-state index contributed by atoms with van der Waals surface area (Å²) in [4.78, 5) is 7.01. The van der Waals surface area contributed by atoms with Gasteiger partial charge in [0.15, 0.2) is 0 Å². The van der Waals surface area contributed by atoms with Crippen LogP contribution in [0.2, 0.25) is 0 Å². The fourth-order valence-corrected chi connectivity index (χ4v) is 1.63. The zero-order valence-corrected chi connectivity index (χ0v) is 9.94. The second kappa shape index (κ2) is 5.95. The summed E-state index contributed by atoms with van der Waals surface area (Å²) in [5, 5.41) is 2.66. The van der Waals surface area contributed by atoms with Crippen molar-refractivity contribution in [1.29, 1.82) is 0 Å². The van der Waals surface area contributed by atoms with Crippen LogP contribution in [0, 0.1) is 0 Å². The number of alkyl halides is 3. The normalized spacial score (nSPS) is 13.4. The Kier molecular flexibility index (Phi) is 4.86. The second-order valence-electron chi connectivity index (χ2n) is 3.32. The third kappa shape index (κ3) is 5.12. The summed E-state index contributed by atoms with van der Waals surface area (Å²) in [7, 11) is -0.903. The summed E-state index contributed by atoms with van der Waals surface area (Å²) in [6.07, 6.45) is -1.26. The molecule has 17 heavy (non-hydrogen) atoms. The van der Waals surface area contributed by atoms with Crippen LogP contribution >= 0.6 is 0 Å². The van der Waals surface area contributed by atoms with Crippen LogP contribution in [0.25, 0.3) is 0 Å². The van der Waals surface area contributed by atoms with Crippen LogP contribution in [0.4, 0.5) is 19.1 Å².